The monoisotopic (exact) mass is 208 g/mol. The Morgan fingerprint density at radius 1 is 1.47 bits per heavy atom. The fourth-order valence-corrected chi connectivity index (χ4v) is 1.28. The number of ketones is 1. The highest BCUT2D eigenvalue weighted by Crippen LogP contribution is 2.00. The predicted octanol–water partition coefficient (Wildman–Crippen LogP) is 0.995. The van der Waals surface area contributed by atoms with Crippen LogP contribution in [0, 0.1) is 0 Å². The summed E-state index contributed by atoms with van der Waals surface area (Å²) in [5.41, 5.74) is 1.16. The van der Waals surface area contributed by atoms with Crippen molar-refractivity contribution in [3.8, 4) is 0 Å². The first-order valence-electron chi connectivity index (χ1n) is 4.94. The van der Waals surface area contributed by atoms with Crippen LogP contribution in [0.15, 0.2) is 18.5 Å². The molecule has 0 spiro atoms. The van der Waals surface area contributed by atoms with Crippen LogP contribution < -0.4 is 0 Å². The van der Waals surface area contributed by atoms with Crippen LogP contribution in [-0.2, 0) is 16.0 Å². The molecule has 0 aliphatic rings. The van der Waals surface area contributed by atoms with E-state index in [0.717, 1.165) is 12.0 Å². The minimum Gasteiger partial charge on any atom is -0.367 e. The van der Waals surface area contributed by atoms with E-state index in [1.165, 1.54) is 6.92 Å². The van der Waals surface area contributed by atoms with Gasteiger partial charge in [-0.2, -0.15) is 0 Å². The number of hydrogen-bond acceptors (Lipinski definition) is 2. The molecule has 0 aliphatic heterocycles. The molecule has 15 heavy (non-hydrogen) atoms. The van der Waals surface area contributed by atoms with Gasteiger partial charge in [-0.1, -0.05) is 0 Å². The van der Waals surface area contributed by atoms with Gasteiger partial charge in [0.2, 0.25) is 5.91 Å². The van der Waals surface area contributed by atoms with Crippen molar-refractivity contribution in [2.24, 2.45) is 0 Å². The molecule has 1 aromatic heterocycles. The number of Topliss-reactive ketones (excluding diaryl/α,β-unsaturated/α-hetero) is 1. The molecule has 0 fully saturated rings. The highest BCUT2D eigenvalue weighted by Gasteiger charge is 2.10. The quantitative estimate of drug-likeness (QED) is 0.734. The van der Waals surface area contributed by atoms with Gasteiger partial charge >= 0.3 is 0 Å². The molecule has 0 saturated carbocycles. The topological polar surface area (TPSA) is 53.2 Å². The molecule has 1 N–H and O–H groups in total. The van der Waals surface area contributed by atoms with Gasteiger partial charge < -0.3 is 9.88 Å². The lowest BCUT2D eigenvalue weighted by molar-refractivity contribution is -0.133. The van der Waals surface area contributed by atoms with Gasteiger partial charge in [0.1, 0.15) is 5.78 Å². The van der Waals surface area contributed by atoms with Crippen molar-refractivity contribution in [2.45, 2.75) is 19.8 Å². The average Bonchev–Trinajstić information content (AvgIpc) is 2.65. The fraction of sp³-hybridized carbons (Fsp3) is 0.455. The van der Waals surface area contributed by atoms with Crippen LogP contribution in [0.5, 0.6) is 0 Å². The molecule has 4 heteroatoms. The van der Waals surface area contributed by atoms with E-state index in [1.54, 1.807) is 11.9 Å². The number of carbonyl (C=O) groups excluding carboxylic acids is 2. The number of H-pyrrole nitrogens is 1. The summed E-state index contributed by atoms with van der Waals surface area (Å²) in [6.45, 7) is 2.07. The summed E-state index contributed by atoms with van der Waals surface area (Å²) < 4.78 is 0. The molecule has 0 saturated heterocycles. The molecule has 0 aromatic carbocycles. The Bertz CT molecular complexity index is 330. The van der Waals surface area contributed by atoms with E-state index in [1.807, 2.05) is 18.5 Å². The maximum Gasteiger partial charge on any atom is 0.229 e. The molecule has 0 atom stereocenters. The maximum absolute atomic E-state index is 11.4. The Hall–Kier alpha value is -1.58. The molecule has 1 amide bonds. The number of nitrogens with zero attached hydrogens (tertiary/aromatic N) is 1. The first-order valence-corrected chi connectivity index (χ1v) is 4.94. The zero-order valence-electron chi connectivity index (χ0n) is 9.12. The molecule has 1 heterocycles. The minimum atomic E-state index is -0.113. The van der Waals surface area contributed by atoms with Crippen LogP contribution in [-0.4, -0.2) is 35.2 Å². The summed E-state index contributed by atoms with van der Waals surface area (Å²) in [6, 6.07) is 1.98. The first-order chi connectivity index (χ1) is 7.09. The Balaban J connectivity index is 2.32. The van der Waals surface area contributed by atoms with Crippen LogP contribution in [0.25, 0.3) is 0 Å². The summed E-state index contributed by atoms with van der Waals surface area (Å²) in [6.07, 6.45) is 4.57. The zero-order chi connectivity index (χ0) is 11.3. The van der Waals surface area contributed by atoms with Gasteiger partial charge in [-0.25, -0.2) is 0 Å². The van der Waals surface area contributed by atoms with Crippen molar-refractivity contribution in [1.82, 2.24) is 9.88 Å². The molecule has 82 valence electrons. The third-order valence-electron chi connectivity index (χ3n) is 2.22. The molecular formula is C11H16N2O2. The van der Waals surface area contributed by atoms with Crippen LogP contribution in [0.1, 0.15) is 18.9 Å². The third-order valence-corrected chi connectivity index (χ3v) is 2.22. The van der Waals surface area contributed by atoms with E-state index in [2.05, 4.69) is 4.98 Å². The molecule has 4 nitrogen and oxygen atoms in total. The normalized spacial score (nSPS) is 10.0. The number of aromatic nitrogens is 1. The van der Waals surface area contributed by atoms with Crippen molar-refractivity contribution in [2.75, 3.05) is 13.6 Å². The number of hydrogen-bond donors (Lipinski definition) is 1. The highest BCUT2D eigenvalue weighted by molar-refractivity contribution is 5.96. The Morgan fingerprint density at radius 3 is 2.73 bits per heavy atom. The lowest BCUT2D eigenvalue weighted by Gasteiger charge is -2.15. The van der Waals surface area contributed by atoms with Gasteiger partial charge in [-0.15, -0.1) is 0 Å². The minimum absolute atomic E-state index is 0.00361. The molecular weight excluding hydrogens is 192 g/mol. The lowest BCUT2D eigenvalue weighted by atomic mass is 10.2. The summed E-state index contributed by atoms with van der Waals surface area (Å²) in [4.78, 5) is 26.7. The second-order valence-corrected chi connectivity index (χ2v) is 3.66. The fourth-order valence-electron chi connectivity index (χ4n) is 1.28. The van der Waals surface area contributed by atoms with E-state index in [0.29, 0.717) is 6.54 Å². The van der Waals surface area contributed by atoms with E-state index in [9.17, 15) is 9.59 Å². The number of rotatable bonds is 5. The van der Waals surface area contributed by atoms with Crippen molar-refractivity contribution >= 4 is 11.7 Å². The van der Waals surface area contributed by atoms with Gasteiger partial charge in [0.05, 0.1) is 6.42 Å². The van der Waals surface area contributed by atoms with Crippen LogP contribution in [0.4, 0.5) is 0 Å². The summed E-state index contributed by atoms with van der Waals surface area (Å²) in [5.74, 6) is -0.202. The van der Waals surface area contributed by atoms with Gasteiger partial charge in [0.25, 0.3) is 0 Å². The van der Waals surface area contributed by atoms with E-state index in [-0.39, 0.29) is 18.1 Å². The van der Waals surface area contributed by atoms with Gasteiger partial charge in [-0.3, -0.25) is 9.59 Å². The second-order valence-electron chi connectivity index (χ2n) is 3.66. The van der Waals surface area contributed by atoms with Crippen molar-refractivity contribution in [3.63, 3.8) is 0 Å². The van der Waals surface area contributed by atoms with Gasteiger partial charge in [0, 0.05) is 26.0 Å². The number of likely N-dealkylation sites (N-methyl/N-ethyl adjacent to an activating group) is 1. The Morgan fingerprint density at radius 2 is 2.20 bits per heavy atom. The Labute approximate surface area is 89.3 Å². The molecule has 0 radical (unpaired) electrons. The highest BCUT2D eigenvalue weighted by atomic mass is 16.2. The maximum atomic E-state index is 11.4. The van der Waals surface area contributed by atoms with Crippen molar-refractivity contribution in [3.05, 3.63) is 24.0 Å². The van der Waals surface area contributed by atoms with E-state index < -0.39 is 0 Å². The largest absolute Gasteiger partial charge is 0.367 e. The summed E-state index contributed by atoms with van der Waals surface area (Å²) >= 11 is 0. The predicted molar refractivity (Wildman–Crippen MR) is 57.4 cm³/mol. The number of amides is 1. The molecule has 0 bridgehead atoms. The molecule has 0 aliphatic carbocycles. The lowest BCUT2D eigenvalue weighted by Crippen LogP contribution is -2.29. The number of aromatic amines is 1. The van der Waals surface area contributed by atoms with Crippen molar-refractivity contribution in [1.29, 1.82) is 0 Å². The Kier molecular flexibility index (Phi) is 4.09. The molecule has 1 aromatic rings. The summed E-state index contributed by atoms with van der Waals surface area (Å²) in [7, 11) is 1.72. The van der Waals surface area contributed by atoms with Gasteiger partial charge in [-0.05, 0) is 25.0 Å². The molecule has 1 rings (SSSR count). The van der Waals surface area contributed by atoms with Gasteiger partial charge in [0.15, 0.2) is 0 Å². The number of carbonyl (C=O) groups is 2. The van der Waals surface area contributed by atoms with Crippen LogP contribution >= 0.6 is 0 Å². The first kappa shape index (κ1) is 11.5. The third kappa shape index (κ3) is 3.97. The SMILES string of the molecule is CC(=O)CC(=O)N(C)CCc1cc[nH]c1. The zero-order valence-corrected chi connectivity index (χ0v) is 9.12. The standard InChI is InChI=1S/C11H16N2O2/c1-9(14)7-11(15)13(2)6-4-10-3-5-12-8-10/h3,5,8,12H,4,6-7H2,1-2H3. The second kappa shape index (κ2) is 5.34. The smallest absolute Gasteiger partial charge is 0.229 e. The van der Waals surface area contributed by atoms with Crippen molar-refractivity contribution < 1.29 is 9.59 Å². The summed E-state index contributed by atoms with van der Waals surface area (Å²) in [5, 5.41) is 0. The van der Waals surface area contributed by atoms with Crippen LogP contribution in [0.3, 0.4) is 0 Å². The number of nitrogens with one attached hydrogen (secondary N) is 1. The van der Waals surface area contributed by atoms with E-state index >= 15 is 0 Å². The average molecular weight is 208 g/mol. The molecule has 0 unspecified atom stereocenters. The van der Waals surface area contributed by atoms with E-state index in [4.69, 9.17) is 0 Å². The van der Waals surface area contributed by atoms with Crippen LogP contribution in [0.2, 0.25) is 0 Å².